The molecule has 0 bridgehead atoms. The van der Waals surface area contributed by atoms with Gasteiger partial charge in [-0.1, -0.05) is 11.6 Å². The van der Waals surface area contributed by atoms with Crippen LogP contribution in [0, 0.1) is 5.92 Å². The van der Waals surface area contributed by atoms with Crippen LogP contribution < -0.4 is 9.04 Å². The van der Waals surface area contributed by atoms with Crippen LogP contribution in [0.2, 0.25) is 5.02 Å². The second-order valence-corrected chi connectivity index (χ2v) is 9.21. The third-order valence-corrected chi connectivity index (χ3v) is 6.27. The Morgan fingerprint density at radius 2 is 1.96 bits per heavy atom. The summed E-state index contributed by atoms with van der Waals surface area (Å²) in [5.74, 6) is -0.457. The van der Waals surface area contributed by atoms with Gasteiger partial charge in [-0.25, -0.2) is 8.42 Å². The Balaban J connectivity index is 1.73. The van der Waals surface area contributed by atoms with E-state index in [0.717, 1.165) is 10.6 Å². The van der Waals surface area contributed by atoms with Crippen LogP contribution in [0.25, 0.3) is 0 Å². The average molecular weight is 431 g/mol. The number of halogens is 1. The third kappa shape index (κ3) is 4.35. The van der Waals surface area contributed by atoms with Gasteiger partial charge in [-0.3, -0.25) is 13.9 Å². The standard InChI is InChI=1S/C18H23ClN2O6S/c1-3-26-18(23)12-6-8-20(9-7-12)17(22)16-11-21(28(2,24)25)14-10-13(19)4-5-15(14)27-16/h4-5,10,12,16H,3,6-9,11H2,1-2H3/t16-/m1/s1. The van der Waals surface area contributed by atoms with Gasteiger partial charge in [0.05, 0.1) is 31.0 Å². The summed E-state index contributed by atoms with van der Waals surface area (Å²) in [6.45, 7) is 2.76. The molecule has 1 fully saturated rings. The molecule has 0 unspecified atom stereocenters. The number of ether oxygens (including phenoxy) is 2. The van der Waals surface area contributed by atoms with Gasteiger partial charge in [-0.2, -0.15) is 0 Å². The largest absolute Gasteiger partial charge is 0.476 e. The number of benzene rings is 1. The van der Waals surface area contributed by atoms with Crippen LogP contribution in [-0.2, 0) is 24.3 Å². The first-order valence-corrected chi connectivity index (χ1v) is 11.3. The van der Waals surface area contributed by atoms with E-state index >= 15 is 0 Å². The lowest BCUT2D eigenvalue weighted by atomic mass is 9.96. The molecule has 2 aliphatic rings. The number of hydrogen-bond donors (Lipinski definition) is 0. The highest BCUT2D eigenvalue weighted by atomic mass is 35.5. The zero-order valence-electron chi connectivity index (χ0n) is 15.8. The van der Waals surface area contributed by atoms with E-state index in [9.17, 15) is 18.0 Å². The van der Waals surface area contributed by atoms with E-state index in [2.05, 4.69) is 0 Å². The fraction of sp³-hybridized carbons (Fsp3) is 0.556. The lowest BCUT2D eigenvalue weighted by Crippen LogP contribution is -2.53. The highest BCUT2D eigenvalue weighted by Crippen LogP contribution is 2.37. The molecule has 0 N–H and O–H groups in total. The van der Waals surface area contributed by atoms with Gasteiger partial charge in [-0.15, -0.1) is 0 Å². The molecule has 1 atom stereocenters. The van der Waals surface area contributed by atoms with Gasteiger partial charge in [0.1, 0.15) is 5.75 Å². The van der Waals surface area contributed by atoms with Gasteiger partial charge in [0, 0.05) is 18.1 Å². The van der Waals surface area contributed by atoms with Crippen molar-refractivity contribution in [2.24, 2.45) is 5.92 Å². The number of amides is 1. The molecule has 0 spiro atoms. The molecule has 0 aromatic heterocycles. The first-order valence-electron chi connectivity index (χ1n) is 9.10. The maximum atomic E-state index is 12.9. The minimum atomic E-state index is -3.62. The van der Waals surface area contributed by atoms with Crippen molar-refractivity contribution in [3.8, 4) is 5.75 Å². The molecule has 8 nitrogen and oxygen atoms in total. The predicted octanol–water partition coefficient (Wildman–Crippen LogP) is 1.67. The first-order chi connectivity index (χ1) is 13.2. The molecule has 1 aromatic carbocycles. The maximum Gasteiger partial charge on any atom is 0.309 e. The third-order valence-electron chi connectivity index (χ3n) is 4.89. The van der Waals surface area contributed by atoms with Crippen LogP contribution in [0.15, 0.2) is 18.2 Å². The second kappa shape index (κ2) is 8.16. The number of nitrogens with zero attached hydrogens (tertiary/aromatic N) is 2. The number of fused-ring (bicyclic) bond motifs is 1. The van der Waals surface area contributed by atoms with Crippen LogP contribution in [0.4, 0.5) is 5.69 Å². The van der Waals surface area contributed by atoms with Crippen LogP contribution in [0.3, 0.4) is 0 Å². The van der Waals surface area contributed by atoms with E-state index in [1.165, 1.54) is 6.07 Å². The summed E-state index contributed by atoms with van der Waals surface area (Å²) in [6.07, 6.45) is 1.15. The quantitative estimate of drug-likeness (QED) is 0.674. The minimum Gasteiger partial charge on any atom is -0.476 e. The molecule has 0 aliphatic carbocycles. The average Bonchev–Trinajstić information content (AvgIpc) is 2.66. The van der Waals surface area contributed by atoms with Gasteiger partial charge in [0.2, 0.25) is 10.0 Å². The van der Waals surface area contributed by atoms with Crippen molar-refractivity contribution in [3.63, 3.8) is 0 Å². The Labute approximate surface area is 169 Å². The Morgan fingerprint density at radius 3 is 2.57 bits per heavy atom. The number of rotatable bonds is 4. The zero-order valence-corrected chi connectivity index (χ0v) is 17.3. The van der Waals surface area contributed by atoms with Crippen molar-refractivity contribution < 1.29 is 27.5 Å². The van der Waals surface area contributed by atoms with E-state index in [-0.39, 0.29) is 24.3 Å². The number of esters is 1. The first kappa shape index (κ1) is 20.7. The number of carbonyl (C=O) groups is 2. The van der Waals surface area contributed by atoms with Gasteiger partial charge < -0.3 is 14.4 Å². The van der Waals surface area contributed by atoms with E-state index in [4.69, 9.17) is 21.1 Å². The van der Waals surface area contributed by atoms with Crippen molar-refractivity contribution >= 4 is 39.2 Å². The summed E-state index contributed by atoms with van der Waals surface area (Å²) < 4.78 is 36.5. The molecule has 1 saturated heterocycles. The molecule has 2 heterocycles. The van der Waals surface area contributed by atoms with Crippen LogP contribution in [-0.4, -0.2) is 63.8 Å². The SMILES string of the molecule is CCOC(=O)C1CCN(C(=O)[C@H]2CN(S(C)(=O)=O)c3cc(Cl)ccc3O2)CC1. The minimum absolute atomic E-state index is 0.122. The van der Waals surface area contributed by atoms with E-state index in [0.29, 0.717) is 49.0 Å². The van der Waals surface area contributed by atoms with Gasteiger partial charge >= 0.3 is 5.97 Å². The Kier molecular flexibility index (Phi) is 6.04. The van der Waals surface area contributed by atoms with Crippen LogP contribution in [0.5, 0.6) is 5.75 Å². The topological polar surface area (TPSA) is 93.2 Å². The number of likely N-dealkylation sites (tertiary alicyclic amines) is 1. The number of anilines is 1. The molecule has 1 amide bonds. The van der Waals surface area contributed by atoms with Gasteiger partial charge in [0.15, 0.2) is 6.10 Å². The molecule has 0 saturated carbocycles. The molecule has 10 heteroatoms. The van der Waals surface area contributed by atoms with E-state index < -0.39 is 16.1 Å². The second-order valence-electron chi connectivity index (χ2n) is 6.86. The normalized spacial score (nSPS) is 20.3. The molecule has 0 radical (unpaired) electrons. The lowest BCUT2D eigenvalue weighted by Gasteiger charge is -2.38. The Morgan fingerprint density at radius 1 is 1.29 bits per heavy atom. The highest BCUT2D eigenvalue weighted by Gasteiger charge is 2.38. The number of carbonyl (C=O) groups excluding carboxylic acids is 2. The van der Waals surface area contributed by atoms with E-state index in [1.807, 2.05) is 0 Å². The fourth-order valence-electron chi connectivity index (χ4n) is 3.47. The van der Waals surface area contributed by atoms with Gasteiger partial charge in [-0.05, 0) is 38.0 Å². The Hall–Kier alpha value is -2.00. The lowest BCUT2D eigenvalue weighted by molar-refractivity contribution is -0.152. The molecular formula is C18H23ClN2O6S. The van der Waals surface area contributed by atoms with Crippen molar-refractivity contribution in [1.82, 2.24) is 4.90 Å². The number of hydrogen-bond acceptors (Lipinski definition) is 6. The predicted molar refractivity (Wildman–Crippen MR) is 104 cm³/mol. The Bertz CT molecular complexity index is 867. The fourth-order valence-corrected chi connectivity index (χ4v) is 4.54. The van der Waals surface area contributed by atoms with Crippen molar-refractivity contribution in [3.05, 3.63) is 23.2 Å². The van der Waals surface area contributed by atoms with Crippen LogP contribution in [0.1, 0.15) is 19.8 Å². The van der Waals surface area contributed by atoms with E-state index in [1.54, 1.807) is 24.0 Å². The van der Waals surface area contributed by atoms with Gasteiger partial charge in [0.25, 0.3) is 5.91 Å². The summed E-state index contributed by atoms with van der Waals surface area (Å²) in [5, 5.41) is 0.377. The maximum absolute atomic E-state index is 12.9. The summed E-state index contributed by atoms with van der Waals surface area (Å²) in [6, 6.07) is 4.64. The zero-order chi connectivity index (χ0) is 20.5. The molecule has 3 rings (SSSR count). The summed E-state index contributed by atoms with van der Waals surface area (Å²) in [7, 11) is -3.62. The summed E-state index contributed by atoms with van der Waals surface area (Å²) in [4.78, 5) is 26.4. The van der Waals surface area contributed by atoms with Crippen LogP contribution >= 0.6 is 11.6 Å². The molecule has 28 heavy (non-hydrogen) atoms. The molecule has 1 aromatic rings. The van der Waals surface area contributed by atoms with Crippen molar-refractivity contribution in [2.45, 2.75) is 25.9 Å². The van der Waals surface area contributed by atoms with Crippen molar-refractivity contribution in [2.75, 3.05) is 36.8 Å². The summed E-state index contributed by atoms with van der Waals surface area (Å²) >= 11 is 5.98. The smallest absolute Gasteiger partial charge is 0.309 e. The molecule has 2 aliphatic heterocycles. The van der Waals surface area contributed by atoms with Crippen molar-refractivity contribution in [1.29, 1.82) is 0 Å². The molecule has 154 valence electrons. The molecular weight excluding hydrogens is 408 g/mol. The number of sulfonamides is 1. The monoisotopic (exact) mass is 430 g/mol. The highest BCUT2D eigenvalue weighted by molar-refractivity contribution is 7.92. The summed E-state index contributed by atoms with van der Waals surface area (Å²) in [5.41, 5.74) is 0.320. The number of piperidine rings is 1.